The van der Waals surface area contributed by atoms with Crippen molar-refractivity contribution in [2.24, 2.45) is 0 Å². The molecule has 18 heavy (non-hydrogen) atoms. The van der Waals surface area contributed by atoms with Gasteiger partial charge >= 0.3 is 0 Å². The molecule has 0 saturated carbocycles. The highest BCUT2D eigenvalue weighted by atomic mass is 16.1. The van der Waals surface area contributed by atoms with Crippen LogP contribution in [0.15, 0.2) is 18.3 Å². The fourth-order valence-corrected chi connectivity index (χ4v) is 1.63. The summed E-state index contributed by atoms with van der Waals surface area (Å²) >= 11 is 0. The lowest BCUT2D eigenvalue weighted by Crippen LogP contribution is -2.29. The van der Waals surface area contributed by atoms with Crippen molar-refractivity contribution >= 4 is 5.91 Å². The maximum Gasteiger partial charge on any atom is 0.239 e. The smallest absolute Gasteiger partial charge is 0.239 e. The van der Waals surface area contributed by atoms with Gasteiger partial charge in [0.2, 0.25) is 5.91 Å². The van der Waals surface area contributed by atoms with Crippen LogP contribution in [-0.2, 0) is 17.9 Å². The van der Waals surface area contributed by atoms with Gasteiger partial charge in [0.15, 0.2) is 0 Å². The van der Waals surface area contributed by atoms with Crippen molar-refractivity contribution in [2.45, 2.75) is 32.9 Å². The third kappa shape index (κ3) is 5.02. The predicted molar refractivity (Wildman–Crippen MR) is 69.7 cm³/mol. The minimum absolute atomic E-state index is 0.0572. The zero-order valence-corrected chi connectivity index (χ0v) is 10.8. The van der Waals surface area contributed by atoms with Gasteiger partial charge in [0, 0.05) is 25.0 Å². The first-order valence-corrected chi connectivity index (χ1v) is 6.26. The second-order valence-corrected chi connectivity index (χ2v) is 4.06. The molecule has 1 aromatic rings. The Morgan fingerprint density at radius 1 is 1.50 bits per heavy atom. The predicted octanol–water partition coefficient (Wildman–Crippen LogP) is 1.02. The molecular weight excluding hydrogens is 228 g/mol. The van der Waals surface area contributed by atoms with Crippen LogP contribution in [0.5, 0.6) is 0 Å². The molecule has 5 nitrogen and oxygen atoms in total. The van der Waals surface area contributed by atoms with E-state index in [0.29, 0.717) is 19.5 Å². The largest absolute Gasteiger partial charge is 0.354 e. The Morgan fingerprint density at radius 2 is 2.33 bits per heavy atom. The number of nitrogens with zero attached hydrogens (tertiary/aromatic N) is 2. The van der Waals surface area contributed by atoms with Gasteiger partial charge in [0.25, 0.3) is 0 Å². The van der Waals surface area contributed by atoms with Crippen molar-refractivity contribution in [1.29, 1.82) is 5.26 Å². The van der Waals surface area contributed by atoms with Crippen LogP contribution < -0.4 is 10.6 Å². The summed E-state index contributed by atoms with van der Waals surface area (Å²) in [7, 11) is 0. The zero-order chi connectivity index (χ0) is 13.2. The first-order chi connectivity index (χ1) is 8.77. The molecule has 1 aromatic heterocycles. The number of nitriles is 1. The maximum atomic E-state index is 11.6. The van der Waals surface area contributed by atoms with E-state index in [0.717, 1.165) is 25.2 Å². The number of hydrogen-bond donors (Lipinski definition) is 2. The monoisotopic (exact) mass is 248 g/mol. The summed E-state index contributed by atoms with van der Waals surface area (Å²) in [4.78, 5) is 11.6. The summed E-state index contributed by atoms with van der Waals surface area (Å²) < 4.78 is 1.92. The third-order valence-corrected chi connectivity index (χ3v) is 2.53. The first-order valence-electron chi connectivity index (χ1n) is 6.26. The normalized spacial score (nSPS) is 10.0. The molecule has 98 valence electrons. The Kier molecular flexibility index (Phi) is 6.59. The molecule has 1 heterocycles. The van der Waals surface area contributed by atoms with Crippen LogP contribution in [0.25, 0.3) is 0 Å². The van der Waals surface area contributed by atoms with Gasteiger partial charge in [0.05, 0.1) is 12.5 Å². The van der Waals surface area contributed by atoms with Gasteiger partial charge in [-0.25, -0.2) is 0 Å². The quantitative estimate of drug-likeness (QED) is 0.675. The van der Waals surface area contributed by atoms with E-state index >= 15 is 0 Å². The van der Waals surface area contributed by atoms with Crippen molar-refractivity contribution in [3.63, 3.8) is 0 Å². The van der Waals surface area contributed by atoms with Gasteiger partial charge in [-0.2, -0.15) is 5.26 Å². The number of aromatic nitrogens is 1. The number of hydrogen-bond acceptors (Lipinski definition) is 3. The summed E-state index contributed by atoms with van der Waals surface area (Å²) in [6.07, 6.45) is 3.34. The Labute approximate surface area is 108 Å². The van der Waals surface area contributed by atoms with Crippen LogP contribution in [0, 0.1) is 11.3 Å². The standard InChI is InChI=1S/C13H20N4O/c1-2-7-15-10-12-5-3-9-17(12)11-13(18)16-8-4-6-14/h3,5,9,15H,2,4,7-8,10-11H2,1H3,(H,16,18). The molecular formula is C13H20N4O. The van der Waals surface area contributed by atoms with E-state index in [9.17, 15) is 4.79 Å². The van der Waals surface area contributed by atoms with E-state index in [-0.39, 0.29) is 5.91 Å². The highest BCUT2D eigenvalue weighted by Crippen LogP contribution is 2.01. The molecule has 1 amide bonds. The van der Waals surface area contributed by atoms with Gasteiger partial charge in [-0.15, -0.1) is 0 Å². The van der Waals surface area contributed by atoms with Gasteiger partial charge in [0.1, 0.15) is 6.54 Å². The lowest BCUT2D eigenvalue weighted by atomic mass is 10.4. The Morgan fingerprint density at radius 3 is 3.06 bits per heavy atom. The highest BCUT2D eigenvalue weighted by molar-refractivity contribution is 5.75. The number of amides is 1. The summed E-state index contributed by atoms with van der Waals surface area (Å²) in [5, 5.41) is 14.4. The molecule has 2 N–H and O–H groups in total. The molecule has 0 atom stereocenters. The average molecular weight is 248 g/mol. The molecule has 0 bridgehead atoms. The summed E-state index contributed by atoms with van der Waals surface area (Å²) in [6, 6.07) is 5.94. The van der Waals surface area contributed by atoms with Gasteiger partial charge in [-0.05, 0) is 25.1 Å². The van der Waals surface area contributed by atoms with Crippen molar-refractivity contribution in [1.82, 2.24) is 15.2 Å². The molecule has 0 aliphatic carbocycles. The summed E-state index contributed by atoms with van der Waals surface area (Å²) in [5.74, 6) is -0.0572. The van der Waals surface area contributed by atoms with Crippen molar-refractivity contribution in [2.75, 3.05) is 13.1 Å². The van der Waals surface area contributed by atoms with Crippen molar-refractivity contribution in [3.05, 3.63) is 24.0 Å². The van der Waals surface area contributed by atoms with Crippen LogP contribution in [0.3, 0.4) is 0 Å². The topological polar surface area (TPSA) is 69.8 Å². The molecule has 5 heteroatoms. The van der Waals surface area contributed by atoms with Crippen LogP contribution >= 0.6 is 0 Å². The number of carbonyl (C=O) groups excluding carboxylic acids is 1. The molecule has 0 aromatic carbocycles. The molecule has 0 radical (unpaired) electrons. The van der Waals surface area contributed by atoms with Crippen LogP contribution in [-0.4, -0.2) is 23.6 Å². The molecule has 0 saturated heterocycles. The second kappa shape index (κ2) is 8.31. The Balaban J connectivity index is 2.39. The van der Waals surface area contributed by atoms with E-state index in [1.54, 1.807) is 0 Å². The van der Waals surface area contributed by atoms with Gasteiger partial charge in [-0.1, -0.05) is 6.92 Å². The van der Waals surface area contributed by atoms with Crippen molar-refractivity contribution in [3.8, 4) is 6.07 Å². The Bertz CT molecular complexity index is 405. The third-order valence-electron chi connectivity index (χ3n) is 2.53. The number of carbonyl (C=O) groups is 1. The van der Waals surface area contributed by atoms with E-state index in [1.165, 1.54) is 0 Å². The number of rotatable bonds is 8. The number of nitrogens with one attached hydrogen (secondary N) is 2. The molecule has 0 aliphatic rings. The van der Waals surface area contributed by atoms with Crippen LogP contribution in [0.1, 0.15) is 25.5 Å². The highest BCUT2D eigenvalue weighted by Gasteiger charge is 2.05. The first kappa shape index (κ1) is 14.3. The van der Waals surface area contributed by atoms with Crippen LogP contribution in [0.2, 0.25) is 0 Å². The van der Waals surface area contributed by atoms with E-state index in [2.05, 4.69) is 17.6 Å². The zero-order valence-electron chi connectivity index (χ0n) is 10.8. The van der Waals surface area contributed by atoms with E-state index in [1.807, 2.05) is 29.0 Å². The molecule has 0 unspecified atom stereocenters. The lowest BCUT2D eigenvalue weighted by Gasteiger charge is -2.09. The molecule has 1 rings (SSSR count). The van der Waals surface area contributed by atoms with Crippen molar-refractivity contribution < 1.29 is 4.79 Å². The minimum Gasteiger partial charge on any atom is -0.354 e. The average Bonchev–Trinajstić information content (AvgIpc) is 2.77. The SMILES string of the molecule is CCCNCc1cccn1CC(=O)NCCC#N. The molecule has 0 aliphatic heterocycles. The van der Waals surface area contributed by atoms with E-state index in [4.69, 9.17) is 5.26 Å². The Hall–Kier alpha value is -1.80. The maximum absolute atomic E-state index is 11.6. The molecule has 0 fully saturated rings. The fraction of sp³-hybridized carbons (Fsp3) is 0.538. The second-order valence-electron chi connectivity index (χ2n) is 4.06. The summed E-state index contributed by atoms with van der Waals surface area (Å²) in [5.41, 5.74) is 1.10. The lowest BCUT2D eigenvalue weighted by molar-refractivity contribution is -0.121. The van der Waals surface area contributed by atoms with Crippen LogP contribution in [0.4, 0.5) is 0 Å². The van der Waals surface area contributed by atoms with Gasteiger partial charge in [-0.3, -0.25) is 4.79 Å². The van der Waals surface area contributed by atoms with Gasteiger partial charge < -0.3 is 15.2 Å². The van der Waals surface area contributed by atoms with E-state index < -0.39 is 0 Å². The fourth-order valence-electron chi connectivity index (χ4n) is 1.63. The minimum atomic E-state index is -0.0572. The molecule has 0 spiro atoms. The summed E-state index contributed by atoms with van der Waals surface area (Å²) in [6.45, 7) is 4.59.